The van der Waals surface area contributed by atoms with Crippen LogP contribution in [0.15, 0.2) is 42.5 Å². The first kappa shape index (κ1) is 12.1. The van der Waals surface area contributed by atoms with Crippen molar-refractivity contribution in [1.29, 1.82) is 0 Å². The number of nitrogens with two attached hydrogens (primary N) is 3. The first-order valence-corrected chi connectivity index (χ1v) is 5.77. The molecule has 0 aliphatic rings. The molecule has 0 saturated carbocycles. The Bertz CT molecular complexity index is 551. The van der Waals surface area contributed by atoms with Gasteiger partial charge in [-0.2, -0.15) is 0 Å². The fourth-order valence-corrected chi connectivity index (χ4v) is 1.87. The summed E-state index contributed by atoms with van der Waals surface area (Å²) in [5.41, 5.74) is 21.8. The summed E-state index contributed by atoms with van der Waals surface area (Å²) in [5, 5.41) is 0. The van der Waals surface area contributed by atoms with Crippen molar-refractivity contribution in [3.05, 3.63) is 48.0 Å². The smallest absolute Gasteiger partial charge is 0.0447 e. The zero-order valence-corrected chi connectivity index (χ0v) is 10.4. The fourth-order valence-electron chi connectivity index (χ4n) is 1.87. The largest absolute Gasteiger partial charge is 0.399 e. The molecule has 0 aliphatic carbocycles. The minimum absolute atomic E-state index is 0.695. The third-order valence-electron chi connectivity index (χ3n) is 2.89. The Labute approximate surface area is 107 Å². The predicted octanol–water partition coefficient (Wildman–Crippen LogP) is 2.07. The zero-order chi connectivity index (χ0) is 13.1. The van der Waals surface area contributed by atoms with Gasteiger partial charge in [0, 0.05) is 36.3 Å². The summed E-state index contributed by atoms with van der Waals surface area (Å²) in [6, 6.07) is 13.3. The highest BCUT2D eigenvalue weighted by Gasteiger charge is 2.05. The molecule has 18 heavy (non-hydrogen) atoms. The molecule has 0 fully saturated rings. The normalized spacial score (nSPS) is 10.3. The lowest BCUT2D eigenvalue weighted by atomic mass is 10.1. The molecule has 6 N–H and O–H groups in total. The van der Waals surface area contributed by atoms with Crippen LogP contribution in [0.1, 0.15) is 5.56 Å². The van der Waals surface area contributed by atoms with E-state index in [1.165, 1.54) is 0 Å². The van der Waals surface area contributed by atoms with Crippen LogP contribution in [0, 0.1) is 0 Å². The van der Waals surface area contributed by atoms with E-state index >= 15 is 0 Å². The van der Waals surface area contributed by atoms with Gasteiger partial charge in [0.15, 0.2) is 0 Å². The van der Waals surface area contributed by atoms with Gasteiger partial charge < -0.3 is 22.1 Å². The van der Waals surface area contributed by atoms with Gasteiger partial charge in [0.25, 0.3) is 0 Å². The highest BCUT2D eigenvalue weighted by atomic mass is 15.1. The second kappa shape index (κ2) is 4.87. The molecule has 0 atom stereocenters. The average molecular weight is 242 g/mol. The summed E-state index contributed by atoms with van der Waals surface area (Å²) >= 11 is 0. The number of benzene rings is 2. The summed E-state index contributed by atoms with van der Waals surface area (Å²) in [5.74, 6) is 0. The van der Waals surface area contributed by atoms with Crippen molar-refractivity contribution in [3.63, 3.8) is 0 Å². The summed E-state index contributed by atoms with van der Waals surface area (Å²) < 4.78 is 0. The van der Waals surface area contributed by atoms with Crippen molar-refractivity contribution < 1.29 is 0 Å². The van der Waals surface area contributed by atoms with Gasteiger partial charge in [-0.15, -0.1) is 0 Å². The van der Waals surface area contributed by atoms with Crippen molar-refractivity contribution >= 4 is 22.7 Å². The van der Waals surface area contributed by atoms with Gasteiger partial charge in [0.2, 0.25) is 0 Å². The van der Waals surface area contributed by atoms with Crippen molar-refractivity contribution in [2.24, 2.45) is 0 Å². The Morgan fingerprint density at radius 2 is 1.67 bits per heavy atom. The van der Waals surface area contributed by atoms with Gasteiger partial charge in [0.05, 0.1) is 0 Å². The van der Waals surface area contributed by atoms with Crippen LogP contribution in [0.25, 0.3) is 0 Å². The Morgan fingerprint density at radius 3 is 2.39 bits per heavy atom. The van der Waals surface area contributed by atoms with Crippen LogP contribution < -0.4 is 22.1 Å². The molecule has 4 heteroatoms. The molecule has 94 valence electrons. The van der Waals surface area contributed by atoms with E-state index in [-0.39, 0.29) is 0 Å². The lowest BCUT2D eigenvalue weighted by Gasteiger charge is -2.21. The Kier molecular flexibility index (Phi) is 3.28. The molecule has 0 amide bonds. The van der Waals surface area contributed by atoms with E-state index in [1.54, 1.807) is 6.07 Å². The highest BCUT2D eigenvalue weighted by molar-refractivity contribution is 5.59. The number of hydrogen-bond acceptors (Lipinski definition) is 4. The van der Waals surface area contributed by atoms with E-state index in [0.717, 1.165) is 28.3 Å². The molecule has 0 radical (unpaired) electrons. The van der Waals surface area contributed by atoms with Gasteiger partial charge >= 0.3 is 0 Å². The molecule has 0 aromatic heterocycles. The number of nitrogen functional groups attached to an aromatic ring is 3. The van der Waals surface area contributed by atoms with Crippen LogP contribution in [0.4, 0.5) is 22.7 Å². The maximum absolute atomic E-state index is 5.94. The van der Waals surface area contributed by atoms with Gasteiger partial charge in [-0.05, 0) is 42.0 Å². The summed E-state index contributed by atoms with van der Waals surface area (Å²) in [7, 11) is 2.00. The lowest BCUT2D eigenvalue weighted by Crippen LogP contribution is -2.17. The third kappa shape index (κ3) is 2.66. The lowest BCUT2D eigenvalue weighted by molar-refractivity contribution is 0.926. The van der Waals surface area contributed by atoms with E-state index in [9.17, 15) is 0 Å². The molecular weight excluding hydrogens is 224 g/mol. The SMILES string of the molecule is CN(Cc1cc(N)ccc1N)c1cccc(N)c1. The quantitative estimate of drug-likeness (QED) is 0.720. The van der Waals surface area contributed by atoms with Crippen molar-refractivity contribution in [2.45, 2.75) is 6.54 Å². The van der Waals surface area contributed by atoms with E-state index in [1.807, 2.05) is 43.4 Å². The zero-order valence-electron chi connectivity index (χ0n) is 10.4. The van der Waals surface area contributed by atoms with Gasteiger partial charge in [-0.25, -0.2) is 0 Å². The maximum Gasteiger partial charge on any atom is 0.0447 e. The topological polar surface area (TPSA) is 81.3 Å². The third-order valence-corrected chi connectivity index (χ3v) is 2.89. The van der Waals surface area contributed by atoms with Crippen LogP contribution in [0.2, 0.25) is 0 Å². The average Bonchev–Trinajstić information content (AvgIpc) is 2.34. The van der Waals surface area contributed by atoms with E-state index in [0.29, 0.717) is 6.54 Å². The van der Waals surface area contributed by atoms with E-state index < -0.39 is 0 Å². The fraction of sp³-hybridized carbons (Fsp3) is 0.143. The Balaban J connectivity index is 2.21. The number of hydrogen-bond donors (Lipinski definition) is 3. The molecular formula is C14H18N4. The van der Waals surface area contributed by atoms with Crippen LogP contribution >= 0.6 is 0 Å². The molecule has 2 rings (SSSR count). The highest BCUT2D eigenvalue weighted by Crippen LogP contribution is 2.22. The van der Waals surface area contributed by atoms with Crippen LogP contribution in [-0.4, -0.2) is 7.05 Å². The van der Waals surface area contributed by atoms with Crippen LogP contribution in [-0.2, 0) is 6.54 Å². The van der Waals surface area contributed by atoms with Gasteiger partial charge in [0.1, 0.15) is 0 Å². The van der Waals surface area contributed by atoms with E-state index in [4.69, 9.17) is 17.2 Å². The van der Waals surface area contributed by atoms with E-state index in [2.05, 4.69) is 4.90 Å². The summed E-state index contributed by atoms with van der Waals surface area (Å²) in [4.78, 5) is 2.08. The number of anilines is 4. The predicted molar refractivity (Wildman–Crippen MR) is 78.2 cm³/mol. The monoisotopic (exact) mass is 242 g/mol. The Morgan fingerprint density at radius 1 is 0.944 bits per heavy atom. The molecule has 0 saturated heterocycles. The van der Waals surface area contributed by atoms with Crippen molar-refractivity contribution in [3.8, 4) is 0 Å². The molecule has 0 heterocycles. The van der Waals surface area contributed by atoms with Crippen LogP contribution in [0.5, 0.6) is 0 Å². The standard InChI is InChI=1S/C14H18N4/c1-18(13-4-2-3-11(15)8-13)9-10-7-12(16)5-6-14(10)17/h2-8H,9,15-17H2,1H3. The first-order chi connectivity index (χ1) is 8.56. The molecule has 0 unspecified atom stereocenters. The van der Waals surface area contributed by atoms with Gasteiger partial charge in [-0.1, -0.05) is 6.07 Å². The van der Waals surface area contributed by atoms with Crippen molar-refractivity contribution in [1.82, 2.24) is 0 Å². The molecule has 4 nitrogen and oxygen atoms in total. The minimum atomic E-state index is 0.695. The molecule has 0 aliphatic heterocycles. The summed E-state index contributed by atoms with van der Waals surface area (Å²) in [6.45, 7) is 0.695. The Hall–Kier alpha value is -2.36. The minimum Gasteiger partial charge on any atom is -0.399 e. The molecule has 0 spiro atoms. The second-order valence-electron chi connectivity index (χ2n) is 4.41. The first-order valence-electron chi connectivity index (χ1n) is 5.77. The number of rotatable bonds is 3. The second-order valence-corrected chi connectivity index (χ2v) is 4.41. The van der Waals surface area contributed by atoms with Gasteiger partial charge in [-0.3, -0.25) is 0 Å². The molecule has 2 aromatic carbocycles. The maximum atomic E-state index is 5.94. The molecule has 0 bridgehead atoms. The molecule has 2 aromatic rings. The number of nitrogens with zero attached hydrogens (tertiary/aromatic N) is 1. The van der Waals surface area contributed by atoms with Crippen molar-refractivity contribution in [2.75, 3.05) is 29.1 Å². The summed E-state index contributed by atoms with van der Waals surface area (Å²) in [6.07, 6.45) is 0. The van der Waals surface area contributed by atoms with Crippen LogP contribution in [0.3, 0.4) is 0 Å².